The molecule has 116 valence electrons. The molecule has 1 spiro atoms. The van der Waals surface area contributed by atoms with Crippen molar-refractivity contribution in [3.63, 3.8) is 0 Å². The van der Waals surface area contributed by atoms with Crippen LogP contribution < -0.4 is 5.32 Å². The maximum absolute atomic E-state index is 3.87. The number of benzene rings is 1. The molecular formula is C19H29NS. The van der Waals surface area contributed by atoms with Gasteiger partial charge in [-0.1, -0.05) is 25.0 Å². The molecule has 1 unspecified atom stereocenters. The largest absolute Gasteiger partial charge is 0.307 e. The molecule has 2 aliphatic carbocycles. The van der Waals surface area contributed by atoms with Gasteiger partial charge in [-0.3, -0.25) is 0 Å². The van der Waals surface area contributed by atoms with Crippen molar-refractivity contribution < 1.29 is 0 Å². The van der Waals surface area contributed by atoms with Gasteiger partial charge in [-0.2, -0.15) is 0 Å². The van der Waals surface area contributed by atoms with Gasteiger partial charge in [-0.05, 0) is 74.8 Å². The Morgan fingerprint density at radius 3 is 2.24 bits per heavy atom. The summed E-state index contributed by atoms with van der Waals surface area (Å²) in [6.45, 7) is 2.31. The van der Waals surface area contributed by atoms with Gasteiger partial charge in [0.25, 0.3) is 0 Å². The van der Waals surface area contributed by atoms with Gasteiger partial charge in [0.15, 0.2) is 0 Å². The van der Waals surface area contributed by atoms with E-state index in [1.165, 1.54) is 61.8 Å². The second kappa shape index (κ2) is 6.75. The zero-order chi connectivity index (χ0) is 14.7. The lowest BCUT2D eigenvalue weighted by molar-refractivity contribution is 0.164. The summed E-state index contributed by atoms with van der Waals surface area (Å²) < 4.78 is 0. The Labute approximate surface area is 134 Å². The summed E-state index contributed by atoms with van der Waals surface area (Å²) >= 11 is 1.82. The van der Waals surface area contributed by atoms with Crippen molar-refractivity contribution in [1.82, 2.24) is 5.32 Å². The van der Waals surface area contributed by atoms with Gasteiger partial charge in [-0.25, -0.2) is 0 Å². The summed E-state index contributed by atoms with van der Waals surface area (Å²) in [6, 6.07) is 10.3. The SMILES string of the molecule is CSc1ccc(C(C)NC2CCC3(CCCC3)CC2)cc1. The molecule has 0 radical (unpaired) electrons. The number of nitrogens with one attached hydrogen (secondary N) is 1. The minimum Gasteiger partial charge on any atom is -0.307 e. The average molecular weight is 304 g/mol. The smallest absolute Gasteiger partial charge is 0.0294 e. The van der Waals surface area contributed by atoms with Crippen LogP contribution in [0.1, 0.15) is 69.9 Å². The third kappa shape index (κ3) is 3.65. The highest BCUT2D eigenvalue weighted by Crippen LogP contribution is 2.49. The molecule has 2 aliphatic rings. The van der Waals surface area contributed by atoms with E-state index in [9.17, 15) is 0 Å². The molecule has 0 bridgehead atoms. The van der Waals surface area contributed by atoms with Crippen LogP contribution in [0.3, 0.4) is 0 Å². The molecule has 2 heteroatoms. The first-order valence-electron chi connectivity index (χ1n) is 8.61. The van der Waals surface area contributed by atoms with E-state index in [0.29, 0.717) is 6.04 Å². The minimum absolute atomic E-state index is 0.475. The van der Waals surface area contributed by atoms with E-state index in [0.717, 1.165) is 11.5 Å². The maximum Gasteiger partial charge on any atom is 0.0294 e. The first-order valence-corrected chi connectivity index (χ1v) is 9.83. The normalized spacial score (nSPS) is 23.5. The fourth-order valence-corrected chi connectivity index (χ4v) is 4.77. The fourth-order valence-electron chi connectivity index (χ4n) is 4.36. The second-order valence-electron chi connectivity index (χ2n) is 7.14. The van der Waals surface area contributed by atoms with Crippen LogP contribution in [-0.2, 0) is 0 Å². The van der Waals surface area contributed by atoms with Crippen molar-refractivity contribution in [3.8, 4) is 0 Å². The summed E-state index contributed by atoms with van der Waals surface area (Å²) in [7, 11) is 0. The maximum atomic E-state index is 3.87. The second-order valence-corrected chi connectivity index (χ2v) is 8.02. The van der Waals surface area contributed by atoms with Crippen molar-refractivity contribution >= 4 is 11.8 Å². The summed E-state index contributed by atoms with van der Waals surface area (Å²) in [4.78, 5) is 1.35. The highest BCUT2D eigenvalue weighted by molar-refractivity contribution is 7.98. The minimum atomic E-state index is 0.475. The van der Waals surface area contributed by atoms with E-state index in [-0.39, 0.29) is 0 Å². The first kappa shape index (κ1) is 15.4. The molecule has 1 N–H and O–H groups in total. The van der Waals surface area contributed by atoms with Crippen LogP contribution in [0.4, 0.5) is 0 Å². The Hall–Kier alpha value is -0.470. The van der Waals surface area contributed by atoms with Crippen LogP contribution in [-0.4, -0.2) is 12.3 Å². The number of thioether (sulfide) groups is 1. The van der Waals surface area contributed by atoms with E-state index in [1.807, 2.05) is 11.8 Å². The van der Waals surface area contributed by atoms with Crippen LogP contribution in [0.25, 0.3) is 0 Å². The van der Waals surface area contributed by atoms with Crippen molar-refractivity contribution in [2.45, 2.75) is 75.3 Å². The van der Waals surface area contributed by atoms with Gasteiger partial charge in [0.1, 0.15) is 0 Å². The molecule has 0 heterocycles. The van der Waals surface area contributed by atoms with Crippen LogP contribution in [0.5, 0.6) is 0 Å². The summed E-state index contributed by atoms with van der Waals surface area (Å²) in [6.07, 6.45) is 13.8. The Bertz CT molecular complexity index is 437. The zero-order valence-corrected chi connectivity index (χ0v) is 14.3. The molecule has 21 heavy (non-hydrogen) atoms. The quantitative estimate of drug-likeness (QED) is 0.731. The fraction of sp³-hybridized carbons (Fsp3) is 0.684. The van der Waals surface area contributed by atoms with E-state index >= 15 is 0 Å². The first-order chi connectivity index (χ1) is 10.2. The van der Waals surface area contributed by atoms with E-state index in [4.69, 9.17) is 0 Å². The standard InChI is InChI=1S/C19H29NS/c1-15(16-5-7-18(21-2)8-6-16)20-17-9-13-19(14-10-17)11-3-4-12-19/h5-8,15,17,20H,3-4,9-14H2,1-2H3. The van der Waals surface area contributed by atoms with E-state index in [1.54, 1.807) is 0 Å². The molecule has 1 atom stereocenters. The van der Waals surface area contributed by atoms with Crippen molar-refractivity contribution in [1.29, 1.82) is 0 Å². The van der Waals surface area contributed by atoms with E-state index < -0.39 is 0 Å². The molecule has 0 aromatic heterocycles. The van der Waals surface area contributed by atoms with Crippen LogP contribution in [0.2, 0.25) is 0 Å². The lowest BCUT2D eigenvalue weighted by Crippen LogP contribution is -2.37. The van der Waals surface area contributed by atoms with Crippen LogP contribution in [0, 0.1) is 5.41 Å². The van der Waals surface area contributed by atoms with Gasteiger partial charge in [0.05, 0.1) is 0 Å². The molecule has 1 aromatic rings. The molecule has 1 nitrogen and oxygen atoms in total. The zero-order valence-electron chi connectivity index (χ0n) is 13.5. The third-order valence-electron chi connectivity index (χ3n) is 5.81. The Balaban J connectivity index is 1.52. The Kier molecular flexibility index (Phi) is 4.96. The molecule has 0 aliphatic heterocycles. The highest BCUT2D eigenvalue weighted by atomic mass is 32.2. The number of hydrogen-bond acceptors (Lipinski definition) is 2. The Morgan fingerprint density at radius 1 is 1.05 bits per heavy atom. The molecular weight excluding hydrogens is 274 g/mol. The summed E-state index contributed by atoms with van der Waals surface area (Å²) in [5.41, 5.74) is 2.18. The lowest BCUT2D eigenvalue weighted by Gasteiger charge is -2.38. The van der Waals surface area contributed by atoms with E-state index in [2.05, 4.69) is 42.8 Å². The van der Waals surface area contributed by atoms with Crippen molar-refractivity contribution in [2.75, 3.05) is 6.26 Å². The molecule has 2 saturated carbocycles. The predicted molar refractivity (Wildman–Crippen MR) is 92.9 cm³/mol. The molecule has 3 rings (SSSR count). The van der Waals surface area contributed by atoms with Gasteiger partial charge >= 0.3 is 0 Å². The van der Waals surface area contributed by atoms with Gasteiger partial charge in [0.2, 0.25) is 0 Å². The predicted octanol–water partition coefficient (Wildman–Crippen LogP) is 5.56. The van der Waals surface area contributed by atoms with Gasteiger partial charge < -0.3 is 5.32 Å². The van der Waals surface area contributed by atoms with Crippen LogP contribution >= 0.6 is 11.8 Å². The molecule has 0 amide bonds. The topological polar surface area (TPSA) is 12.0 Å². The number of hydrogen-bond donors (Lipinski definition) is 1. The van der Waals surface area contributed by atoms with Gasteiger partial charge in [-0.15, -0.1) is 11.8 Å². The third-order valence-corrected chi connectivity index (χ3v) is 6.56. The monoisotopic (exact) mass is 303 g/mol. The number of rotatable bonds is 4. The summed E-state index contributed by atoms with van der Waals surface area (Å²) in [5.74, 6) is 0. The van der Waals surface area contributed by atoms with Gasteiger partial charge in [0, 0.05) is 17.0 Å². The molecule has 2 fully saturated rings. The highest BCUT2D eigenvalue weighted by Gasteiger charge is 2.37. The molecule has 0 saturated heterocycles. The van der Waals surface area contributed by atoms with Crippen molar-refractivity contribution in [3.05, 3.63) is 29.8 Å². The molecule has 1 aromatic carbocycles. The lowest BCUT2D eigenvalue weighted by atomic mass is 9.71. The summed E-state index contributed by atoms with van der Waals surface area (Å²) in [5, 5.41) is 3.87. The Morgan fingerprint density at radius 2 is 1.67 bits per heavy atom. The average Bonchev–Trinajstić information content (AvgIpc) is 2.98. The van der Waals surface area contributed by atoms with Crippen LogP contribution in [0.15, 0.2) is 29.2 Å². The van der Waals surface area contributed by atoms with Crippen molar-refractivity contribution in [2.24, 2.45) is 5.41 Å².